The highest BCUT2D eigenvalue weighted by Gasteiger charge is 2.18. The SMILES string of the molecule is COCCC(C)C(O)c1cc(Br)ccc1C. The summed E-state index contributed by atoms with van der Waals surface area (Å²) in [6, 6.07) is 6.00. The Bertz CT molecular complexity index is 339. The van der Waals surface area contributed by atoms with E-state index in [1.165, 1.54) is 0 Å². The molecule has 0 aliphatic heterocycles. The summed E-state index contributed by atoms with van der Waals surface area (Å²) in [4.78, 5) is 0. The zero-order valence-electron chi connectivity index (χ0n) is 10.0. The number of aryl methyl sites for hydroxylation is 1. The molecule has 0 aliphatic carbocycles. The second-order valence-electron chi connectivity index (χ2n) is 4.20. The molecule has 0 saturated carbocycles. The second-order valence-corrected chi connectivity index (χ2v) is 5.12. The van der Waals surface area contributed by atoms with Crippen LogP contribution in [0.1, 0.15) is 30.6 Å². The van der Waals surface area contributed by atoms with Crippen molar-refractivity contribution in [2.24, 2.45) is 5.92 Å². The topological polar surface area (TPSA) is 29.5 Å². The second kappa shape index (κ2) is 6.38. The summed E-state index contributed by atoms with van der Waals surface area (Å²) in [5.74, 6) is 0.202. The summed E-state index contributed by atoms with van der Waals surface area (Å²) in [5, 5.41) is 10.2. The average molecular weight is 287 g/mol. The third-order valence-electron chi connectivity index (χ3n) is 2.88. The van der Waals surface area contributed by atoms with Crippen molar-refractivity contribution in [2.75, 3.05) is 13.7 Å². The summed E-state index contributed by atoms with van der Waals surface area (Å²) in [7, 11) is 1.68. The van der Waals surface area contributed by atoms with Gasteiger partial charge in [-0.15, -0.1) is 0 Å². The van der Waals surface area contributed by atoms with Crippen molar-refractivity contribution in [3.8, 4) is 0 Å². The summed E-state index contributed by atoms with van der Waals surface area (Å²) < 4.78 is 6.04. The van der Waals surface area contributed by atoms with Crippen molar-refractivity contribution in [2.45, 2.75) is 26.4 Å². The van der Waals surface area contributed by atoms with E-state index in [1.54, 1.807) is 7.11 Å². The number of methoxy groups -OCH3 is 1. The molecule has 0 saturated heterocycles. The molecule has 0 fully saturated rings. The third kappa shape index (κ3) is 3.58. The number of hydrogen-bond acceptors (Lipinski definition) is 2. The lowest BCUT2D eigenvalue weighted by Gasteiger charge is -2.20. The van der Waals surface area contributed by atoms with Crippen molar-refractivity contribution in [1.29, 1.82) is 0 Å². The van der Waals surface area contributed by atoms with Gasteiger partial charge in [0.05, 0.1) is 6.10 Å². The highest BCUT2D eigenvalue weighted by Crippen LogP contribution is 2.29. The van der Waals surface area contributed by atoms with Crippen molar-refractivity contribution in [3.63, 3.8) is 0 Å². The number of halogens is 1. The molecule has 16 heavy (non-hydrogen) atoms. The standard InChI is InChI=1S/C13H19BrO2/c1-9-4-5-11(14)8-12(9)13(15)10(2)6-7-16-3/h4-5,8,10,13,15H,6-7H2,1-3H3. The molecule has 2 nitrogen and oxygen atoms in total. The van der Waals surface area contributed by atoms with Gasteiger partial charge in [-0.1, -0.05) is 28.9 Å². The first-order valence-electron chi connectivity index (χ1n) is 5.49. The van der Waals surface area contributed by atoms with Crippen molar-refractivity contribution in [1.82, 2.24) is 0 Å². The molecular weight excluding hydrogens is 268 g/mol. The molecular formula is C13H19BrO2. The van der Waals surface area contributed by atoms with E-state index in [-0.39, 0.29) is 5.92 Å². The fourth-order valence-corrected chi connectivity index (χ4v) is 2.08. The predicted octanol–water partition coefficient (Wildman–Crippen LogP) is 3.46. The van der Waals surface area contributed by atoms with Crippen LogP contribution in [0.5, 0.6) is 0 Å². The van der Waals surface area contributed by atoms with Crippen LogP contribution in [0.15, 0.2) is 22.7 Å². The fraction of sp³-hybridized carbons (Fsp3) is 0.538. The summed E-state index contributed by atoms with van der Waals surface area (Å²) >= 11 is 3.43. The first kappa shape index (κ1) is 13.7. The van der Waals surface area contributed by atoms with Gasteiger partial charge in [-0.25, -0.2) is 0 Å². The Morgan fingerprint density at radius 1 is 1.44 bits per heavy atom. The number of aliphatic hydroxyl groups excluding tert-OH is 1. The van der Waals surface area contributed by atoms with Crippen LogP contribution >= 0.6 is 15.9 Å². The van der Waals surface area contributed by atoms with Crippen LogP contribution in [0.4, 0.5) is 0 Å². The van der Waals surface area contributed by atoms with Gasteiger partial charge in [0, 0.05) is 18.2 Å². The lowest BCUT2D eigenvalue weighted by Crippen LogP contribution is -2.12. The van der Waals surface area contributed by atoms with Crippen LogP contribution in [0.2, 0.25) is 0 Å². The normalized spacial score (nSPS) is 14.8. The number of hydrogen-bond donors (Lipinski definition) is 1. The molecule has 1 aromatic rings. The predicted molar refractivity (Wildman–Crippen MR) is 69.5 cm³/mol. The monoisotopic (exact) mass is 286 g/mol. The average Bonchev–Trinajstić information content (AvgIpc) is 2.28. The Balaban J connectivity index is 2.78. The zero-order chi connectivity index (χ0) is 12.1. The van der Waals surface area contributed by atoms with Gasteiger partial charge in [0.2, 0.25) is 0 Å². The maximum absolute atomic E-state index is 10.2. The quantitative estimate of drug-likeness (QED) is 0.898. The molecule has 0 aliphatic rings. The molecule has 1 aromatic carbocycles. The molecule has 0 bridgehead atoms. The molecule has 3 heteroatoms. The van der Waals surface area contributed by atoms with Crippen LogP contribution in [-0.2, 0) is 4.74 Å². The maximum atomic E-state index is 10.2. The van der Waals surface area contributed by atoms with Crippen LogP contribution in [0.25, 0.3) is 0 Å². The van der Waals surface area contributed by atoms with Gasteiger partial charge in [0.25, 0.3) is 0 Å². The van der Waals surface area contributed by atoms with Gasteiger partial charge < -0.3 is 9.84 Å². The van der Waals surface area contributed by atoms with Gasteiger partial charge in [-0.2, -0.15) is 0 Å². The Kier molecular flexibility index (Phi) is 5.46. The van der Waals surface area contributed by atoms with Gasteiger partial charge in [0.15, 0.2) is 0 Å². The first-order valence-corrected chi connectivity index (χ1v) is 6.28. The third-order valence-corrected chi connectivity index (χ3v) is 3.37. The molecule has 0 aromatic heterocycles. The van der Waals surface area contributed by atoms with Crippen LogP contribution in [0.3, 0.4) is 0 Å². The molecule has 2 atom stereocenters. The van der Waals surface area contributed by atoms with Gasteiger partial charge in [-0.3, -0.25) is 0 Å². The number of aliphatic hydroxyl groups is 1. The molecule has 0 spiro atoms. The van der Waals surface area contributed by atoms with Crippen molar-refractivity contribution >= 4 is 15.9 Å². The smallest absolute Gasteiger partial charge is 0.0819 e. The lowest BCUT2D eigenvalue weighted by atomic mass is 9.92. The van der Waals surface area contributed by atoms with E-state index in [0.717, 1.165) is 22.0 Å². The highest BCUT2D eigenvalue weighted by molar-refractivity contribution is 9.10. The summed E-state index contributed by atoms with van der Waals surface area (Å²) in [5.41, 5.74) is 2.12. The van der Waals surface area contributed by atoms with E-state index in [9.17, 15) is 5.11 Å². The highest BCUT2D eigenvalue weighted by atomic mass is 79.9. The minimum Gasteiger partial charge on any atom is -0.388 e. The summed E-state index contributed by atoms with van der Waals surface area (Å²) in [6.45, 7) is 4.75. The van der Waals surface area contributed by atoms with Crippen molar-refractivity contribution < 1.29 is 9.84 Å². The molecule has 2 unspecified atom stereocenters. The lowest BCUT2D eigenvalue weighted by molar-refractivity contribution is 0.0881. The van der Waals surface area contributed by atoms with Crippen molar-refractivity contribution in [3.05, 3.63) is 33.8 Å². The first-order chi connectivity index (χ1) is 7.56. The van der Waals surface area contributed by atoms with Crippen LogP contribution in [0, 0.1) is 12.8 Å². The van der Waals surface area contributed by atoms with Crippen LogP contribution < -0.4 is 0 Å². The minimum atomic E-state index is -0.423. The van der Waals surface area contributed by atoms with E-state index in [0.29, 0.717) is 6.61 Å². The Labute approximate surface area is 106 Å². The van der Waals surface area contributed by atoms with E-state index in [2.05, 4.69) is 15.9 Å². The van der Waals surface area contributed by atoms with Gasteiger partial charge >= 0.3 is 0 Å². The van der Waals surface area contributed by atoms with Crippen LogP contribution in [-0.4, -0.2) is 18.8 Å². The Morgan fingerprint density at radius 3 is 2.75 bits per heavy atom. The number of ether oxygens (including phenoxy) is 1. The maximum Gasteiger partial charge on any atom is 0.0819 e. The van der Waals surface area contributed by atoms with E-state index < -0.39 is 6.10 Å². The van der Waals surface area contributed by atoms with E-state index >= 15 is 0 Å². The largest absolute Gasteiger partial charge is 0.388 e. The van der Waals surface area contributed by atoms with Gasteiger partial charge in [0.1, 0.15) is 0 Å². The molecule has 1 N–H and O–H groups in total. The number of benzene rings is 1. The Morgan fingerprint density at radius 2 is 2.12 bits per heavy atom. The number of rotatable bonds is 5. The van der Waals surface area contributed by atoms with E-state index in [4.69, 9.17) is 4.74 Å². The zero-order valence-corrected chi connectivity index (χ0v) is 11.6. The molecule has 90 valence electrons. The fourth-order valence-electron chi connectivity index (χ4n) is 1.70. The van der Waals surface area contributed by atoms with E-state index in [1.807, 2.05) is 32.0 Å². The molecule has 0 amide bonds. The molecule has 0 radical (unpaired) electrons. The Hall–Kier alpha value is -0.380. The molecule has 0 heterocycles. The minimum absolute atomic E-state index is 0.202. The van der Waals surface area contributed by atoms with Gasteiger partial charge in [-0.05, 0) is 42.5 Å². The summed E-state index contributed by atoms with van der Waals surface area (Å²) in [6.07, 6.45) is 0.441. The molecule has 1 rings (SSSR count).